The van der Waals surface area contributed by atoms with E-state index in [0.717, 1.165) is 12.5 Å². The molecule has 0 saturated heterocycles. The molecule has 0 radical (unpaired) electrons. The van der Waals surface area contributed by atoms with Crippen molar-refractivity contribution in [2.24, 2.45) is 5.41 Å². The van der Waals surface area contributed by atoms with Gasteiger partial charge in [0.25, 0.3) is 10.0 Å². The van der Waals surface area contributed by atoms with Gasteiger partial charge in [-0.2, -0.15) is 0 Å². The number of hydrogen-bond donors (Lipinski definition) is 1. The average Bonchev–Trinajstić information content (AvgIpc) is 2.72. The second kappa shape index (κ2) is 7.43. The summed E-state index contributed by atoms with van der Waals surface area (Å²) < 4.78 is 47.1. The van der Waals surface area contributed by atoms with Crippen LogP contribution in [0.4, 0.5) is 15.8 Å². The van der Waals surface area contributed by atoms with Gasteiger partial charge in [0, 0.05) is 12.6 Å². The molecule has 28 heavy (non-hydrogen) atoms. The van der Waals surface area contributed by atoms with E-state index < -0.39 is 26.2 Å². The summed E-state index contributed by atoms with van der Waals surface area (Å²) in [5.74, 6) is -0.476. The third kappa shape index (κ3) is 3.82. The minimum atomic E-state index is -4.10. The van der Waals surface area contributed by atoms with Crippen LogP contribution in [0.5, 0.6) is 5.75 Å². The van der Waals surface area contributed by atoms with Crippen molar-refractivity contribution in [1.29, 1.82) is 0 Å². The van der Waals surface area contributed by atoms with E-state index >= 15 is 0 Å². The number of carbonyl (C=O) groups excluding carboxylic acids is 1. The van der Waals surface area contributed by atoms with Gasteiger partial charge in [-0.25, -0.2) is 12.8 Å². The van der Waals surface area contributed by atoms with Gasteiger partial charge in [-0.15, -0.1) is 0 Å². The van der Waals surface area contributed by atoms with E-state index in [9.17, 15) is 17.6 Å². The molecule has 8 heteroatoms. The summed E-state index contributed by atoms with van der Waals surface area (Å²) in [6.07, 6.45) is 0.767. The number of halogens is 1. The fraction of sp³-hybridized carbons (Fsp3) is 0.350. The zero-order valence-electron chi connectivity index (χ0n) is 16.0. The first-order valence-electron chi connectivity index (χ1n) is 9.02. The Kier molecular flexibility index (Phi) is 5.34. The molecular weight excluding hydrogens is 383 g/mol. The van der Waals surface area contributed by atoms with Crippen LogP contribution in [-0.2, 0) is 14.8 Å². The predicted octanol–water partition coefficient (Wildman–Crippen LogP) is 3.79. The number of anilines is 2. The number of ether oxygens (including phenoxy) is 1. The van der Waals surface area contributed by atoms with Crippen LogP contribution in [0.25, 0.3) is 0 Å². The molecule has 1 aliphatic heterocycles. The van der Waals surface area contributed by atoms with Crippen molar-refractivity contribution in [2.45, 2.75) is 32.1 Å². The maximum Gasteiger partial charge on any atom is 0.264 e. The lowest BCUT2D eigenvalue weighted by Gasteiger charge is -2.27. The summed E-state index contributed by atoms with van der Waals surface area (Å²) in [7, 11) is -4.10. The predicted molar refractivity (Wildman–Crippen MR) is 106 cm³/mol. The molecule has 1 aliphatic rings. The molecule has 1 heterocycles. The molecule has 0 spiro atoms. The minimum absolute atomic E-state index is 0.0483. The molecule has 6 nitrogen and oxygen atoms in total. The molecule has 0 fully saturated rings. The first-order chi connectivity index (χ1) is 13.2. The molecule has 0 bridgehead atoms. The Labute approximate surface area is 164 Å². The number of amides is 1. The zero-order valence-corrected chi connectivity index (χ0v) is 16.8. The van der Waals surface area contributed by atoms with Crippen molar-refractivity contribution in [2.75, 3.05) is 22.8 Å². The van der Waals surface area contributed by atoms with Gasteiger partial charge in [0.2, 0.25) is 5.91 Å². The standard InChI is InChI=1S/C20H23FN2O4S/c1-4-11-23-16-10-9-14(12-17(16)27-13-20(2,3)19(23)24)22-28(25,26)18-8-6-5-7-15(18)21/h5-10,12,22H,4,11,13H2,1-3H3. The van der Waals surface area contributed by atoms with Gasteiger partial charge >= 0.3 is 0 Å². The van der Waals surface area contributed by atoms with Gasteiger partial charge in [-0.1, -0.05) is 19.1 Å². The minimum Gasteiger partial charge on any atom is -0.490 e. The van der Waals surface area contributed by atoms with E-state index in [-0.39, 0.29) is 18.2 Å². The van der Waals surface area contributed by atoms with Gasteiger partial charge in [0.1, 0.15) is 23.1 Å². The van der Waals surface area contributed by atoms with E-state index in [2.05, 4.69) is 4.72 Å². The maximum atomic E-state index is 13.9. The van der Waals surface area contributed by atoms with E-state index in [0.29, 0.717) is 18.0 Å². The Morgan fingerprint density at radius 2 is 1.93 bits per heavy atom. The second-order valence-electron chi connectivity index (χ2n) is 7.35. The lowest BCUT2D eigenvalue weighted by atomic mass is 9.93. The molecule has 0 aromatic heterocycles. The van der Waals surface area contributed by atoms with Crippen LogP contribution in [0.15, 0.2) is 47.4 Å². The van der Waals surface area contributed by atoms with E-state index in [1.165, 1.54) is 30.3 Å². The Hall–Kier alpha value is -2.61. The largest absolute Gasteiger partial charge is 0.490 e. The highest BCUT2D eigenvalue weighted by Gasteiger charge is 2.37. The lowest BCUT2D eigenvalue weighted by Crippen LogP contribution is -2.42. The Balaban J connectivity index is 1.97. The van der Waals surface area contributed by atoms with Crippen LogP contribution in [0.2, 0.25) is 0 Å². The number of hydrogen-bond acceptors (Lipinski definition) is 4. The van der Waals surface area contributed by atoms with Crippen LogP contribution >= 0.6 is 0 Å². The summed E-state index contributed by atoms with van der Waals surface area (Å²) in [6.45, 7) is 6.29. The highest BCUT2D eigenvalue weighted by atomic mass is 32.2. The van der Waals surface area contributed by atoms with Gasteiger partial charge in [0.05, 0.1) is 16.8 Å². The van der Waals surface area contributed by atoms with E-state index in [4.69, 9.17) is 4.74 Å². The summed E-state index contributed by atoms with van der Waals surface area (Å²) >= 11 is 0. The van der Waals surface area contributed by atoms with Crippen molar-refractivity contribution in [3.63, 3.8) is 0 Å². The van der Waals surface area contributed by atoms with Crippen LogP contribution < -0.4 is 14.4 Å². The van der Waals surface area contributed by atoms with Crippen molar-refractivity contribution >= 4 is 27.3 Å². The molecule has 0 saturated carbocycles. The number of sulfonamides is 1. The normalized spacial score (nSPS) is 16.1. The number of rotatable bonds is 5. The number of fused-ring (bicyclic) bond motifs is 1. The summed E-state index contributed by atoms with van der Waals surface area (Å²) in [5.41, 5.74) is 0.109. The van der Waals surface area contributed by atoms with Gasteiger partial charge < -0.3 is 9.64 Å². The molecule has 0 unspecified atom stereocenters. The summed E-state index contributed by atoms with van der Waals surface area (Å²) in [6, 6.07) is 9.86. The SMILES string of the molecule is CCCN1C(=O)C(C)(C)COc2cc(NS(=O)(=O)c3ccccc3F)ccc21. The fourth-order valence-electron chi connectivity index (χ4n) is 3.03. The first kappa shape index (κ1) is 20.1. The van der Waals surface area contributed by atoms with Crippen molar-refractivity contribution in [1.82, 2.24) is 0 Å². The highest BCUT2D eigenvalue weighted by molar-refractivity contribution is 7.92. The number of benzene rings is 2. The Morgan fingerprint density at radius 3 is 2.61 bits per heavy atom. The smallest absolute Gasteiger partial charge is 0.264 e. The molecule has 1 amide bonds. The molecule has 150 valence electrons. The van der Waals surface area contributed by atoms with Crippen molar-refractivity contribution < 1.29 is 22.3 Å². The summed E-state index contributed by atoms with van der Waals surface area (Å²) in [5, 5.41) is 0. The van der Waals surface area contributed by atoms with E-state index in [1.54, 1.807) is 11.0 Å². The summed E-state index contributed by atoms with van der Waals surface area (Å²) in [4.78, 5) is 14.1. The number of nitrogens with one attached hydrogen (secondary N) is 1. The van der Waals surface area contributed by atoms with Gasteiger partial charge in [0.15, 0.2) is 0 Å². The Morgan fingerprint density at radius 1 is 1.21 bits per heavy atom. The third-order valence-corrected chi connectivity index (χ3v) is 5.90. The fourth-order valence-corrected chi connectivity index (χ4v) is 4.16. The average molecular weight is 406 g/mol. The Bertz CT molecular complexity index is 1010. The molecule has 1 N–H and O–H groups in total. The first-order valence-corrected chi connectivity index (χ1v) is 10.5. The number of carbonyl (C=O) groups is 1. The second-order valence-corrected chi connectivity index (χ2v) is 9.00. The molecule has 0 aliphatic carbocycles. The van der Waals surface area contributed by atoms with Gasteiger partial charge in [-0.05, 0) is 44.5 Å². The molecule has 0 atom stereocenters. The van der Waals surface area contributed by atoms with Crippen LogP contribution in [0.1, 0.15) is 27.2 Å². The van der Waals surface area contributed by atoms with Gasteiger partial charge in [-0.3, -0.25) is 9.52 Å². The lowest BCUT2D eigenvalue weighted by molar-refractivity contribution is -0.127. The van der Waals surface area contributed by atoms with E-state index in [1.807, 2.05) is 20.8 Å². The van der Waals surface area contributed by atoms with Crippen LogP contribution in [-0.4, -0.2) is 27.5 Å². The zero-order chi connectivity index (χ0) is 20.5. The monoisotopic (exact) mass is 406 g/mol. The van der Waals surface area contributed by atoms with Crippen LogP contribution in [0.3, 0.4) is 0 Å². The topological polar surface area (TPSA) is 75.7 Å². The quantitative estimate of drug-likeness (QED) is 0.820. The van der Waals surface area contributed by atoms with Crippen molar-refractivity contribution in [3.05, 3.63) is 48.3 Å². The van der Waals surface area contributed by atoms with Crippen LogP contribution in [0, 0.1) is 11.2 Å². The van der Waals surface area contributed by atoms with Crippen molar-refractivity contribution in [3.8, 4) is 5.75 Å². The highest BCUT2D eigenvalue weighted by Crippen LogP contribution is 2.38. The molecule has 2 aromatic carbocycles. The molecule has 3 rings (SSSR count). The number of nitrogens with zero attached hydrogens (tertiary/aromatic N) is 1. The molecular formula is C20H23FN2O4S. The maximum absolute atomic E-state index is 13.9. The molecule has 2 aromatic rings. The third-order valence-electron chi connectivity index (χ3n) is 4.49.